The van der Waals surface area contributed by atoms with Crippen LogP contribution in [0.3, 0.4) is 0 Å². The van der Waals surface area contributed by atoms with Gasteiger partial charge in [-0.25, -0.2) is 4.90 Å². The Morgan fingerprint density at radius 3 is 2.58 bits per heavy atom. The van der Waals surface area contributed by atoms with Crippen LogP contribution >= 0.6 is 27.7 Å². The van der Waals surface area contributed by atoms with Crippen molar-refractivity contribution in [2.75, 3.05) is 4.90 Å². The average molecular weight is 432 g/mol. The molecule has 1 aliphatic rings. The van der Waals surface area contributed by atoms with Crippen molar-refractivity contribution in [3.63, 3.8) is 0 Å². The lowest BCUT2D eigenvalue weighted by Crippen LogP contribution is -2.27. The number of imide groups is 1. The van der Waals surface area contributed by atoms with Gasteiger partial charge in [0, 0.05) is 0 Å². The summed E-state index contributed by atoms with van der Waals surface area (Å²) >= 11 is 4.45. The zero-order valence-corrected chi connectivity index (χ0v) is 16.8. The van der Waals surface area contributed by atoms with Crippen LogP contribution in [0.4, 0.5) is 10.5 Å². The molecule has 0 saturated carbocycles. The van der Waals surface area contributed by atoms with Gasteiger partial charge in [-0.2, -0.15) is 0 Å². The molecule has 0 aliphatic carbocycles. The minimum atomic E-state index is -0.303. The molecule has 3 rings (SSSR count). The van der Waals surface area contributed by atoms with Crippen molar-refractivity contribution in [1.82, 2.24) is 0 Å². The second-order valence-electron chi connectivity index (χ2n) is 5.88. The normalized spacial score (nSPS) is 17.0. The van der Waals surface area contributed by atoms with E-state index in [2.05, 4.69) is 22.9 Å². The molecule has 2 aromatic rings. The van der Waals surface area contributed by atoms with Gasteiger partial charge in [0.15, 0.2) is 0 Å². The fourth-order valence-electron chi connectivity index (χ4n) is 2.42. The van der Waals surface area contributed by atoms with Crippen molar-refractivity contribution in [3.8, 4) is 5.75 Å². The Hall–Kier alpha value is -2.05. The van der Waals surface area contributed by atoms with Gasteiger partial charge < -0.3 is 4.74 Å². The summed E-state index contributed by atoms with van der Waals surface area (Å²) in [7, 11) is 0. The van der Waals surface area contributed by atoms with Crippen LogP contribution < -0.4 is 9.64 Å². The predicted octanol–water partition coefficient (Wildman–Crippen LogP) is 5.87. The highest BCUT2D eigenvalue weighted by molar-refractivity contribution is 9.10. The molecule has 1 aliphatic heterocycles. The Morgan fingerprint density at radius 1 is 1.19 bits per heavy atom. The van der Waals surface area contributed by atoms with E-state index in [4.69, 9.17) is 4.74 Å². The molecule has 0 bridgehead atoms. The molecule has 0 spiro atoms. The van der Waals surface area contributed by atoms with Crippen LogP contribution in [0.2, 0.25) is 0 Å². The summed E-state index contributed by atoms with van der Waals surface area (Å²) in [4.78, 5) is 26.5. The summed E-state index contributed by atoms with van der Waals surface area (Å²) in [5.74, 6) is 0.455. The van der Waals surface area contributed by atoms with Crippen molar-refractivity contribution in [1.29, 1.82) is 0 Å². The Kier molecular flexibility index (Phi) is 5.84. The Bertz CT molecular complexity index is 867. The van der Waals surface area contributed by atoms with E-state index in [-0.39, 0.29) is 17.3 Å². The maximum absolute atomic E-state index is 12.6. The van der Waals surface area contributed by atoms with E-state index in [0.717, 1.165) is 34.0 Å². The van der Waals surface area contributed by atoms with Crippen molar-refractivity contribution in [2.45, 2.75) is 26.4 Å². The third kappa shape index (κ3) is 4.02. The van der Waals surface area contributed by atoms with Crippen LogP contribution in [0.15, 0.2) is 57.9 Å². The lowest BCUT2D eigenvalue weighted by Gasteiger charge is -2.14. The van der Waals surface area contributed by atoms with Gasteiger partial charge in [0.05, 0.1) is 21.2 Å². The molecule has 1 heterocycles. The number of rotatable bonds is 5. The van der Waals surface area contributed by atoms with Gasteiger partial charge in [-0.05, 0) is 76.9 Å². The molecule has 134 valence electrons. The van der Waals surface area contributed by atoms with E-state index < -0.39 is 0 Å². The predicted molar refractivity (Wildman–Crippen MR) is 109 cm³/mol. The number of thioether (sulfide) groups is 1. The quantitative estimate of drug-likeness (QED) is 0.555. The summed E-state index contributed by atoms with van der Waals surface area (Å²) < 4.78 is 6.64. The molecule has 0 unspecified atom stereocenters. The van der Waals surface area contributed by atoms with E-state index in [1.165, 1.54) is 4.90 Å². The van der Waals surface area contributed by atoms with Crippen LogP contribution in [0.5, 0.6) is 5.75 Å². The number of nitrogens with zero attached hydrogens (tertiary/aromatic N) is 1. The van der Waals surface area contributed by atoms with E-state index in [0.29, 0.717) is 10.6 Å². The van der Waals surface area contributed by atoms with Crippen molar-refractivity contribution in [2.24, 2.45) is 0 Å². The van der Waals surface area contributed by atoms with Gasteiger partial charge in [-0.3, -0.25) is 9.59 Å². The number of hydrogen-bond acceptors (Lipinski definition) is 4. The van der Waals surface area contributed by atoms with Crippen LogP contribution in [-0.2, 0) is 4.79 Å². The maximum Gasteiger partial charge on any atom is 0.298 e. The van der Waals surface area contributed by atoms with E-state index in [1.807, 2.05) is 31.2 Å². The number of para-hydroxylation sites is 1. The Labute approximate surface area is 165 Å². The smallest absolute Gasteiger partial charge is 0.298 e. The van der Waals surface area contributed by atoms with Crippen LogP contribution in [0.25, 0.3) is 6.08 Å². The third-order valence-corrected chi connectivity index (χ3v) is 5.45. The van der Waals surface area contributed by atoms with Crippen molar-refractivity contribution < 1.29 is 14.3 Å². The lowest BCUT2D eigenvalue weighted by atomic mass is 10.2. The average Bonchev–Trinajstić information content (AvgIpc) is 2.91. The third-order valence-electron chi connectivity index (χ3n) is 3.96. The molecule has 2 amide bonds. The summed E-state index contributed by atoms with van der Waals surface area (Å²) in [5, 5.41) is -0.289. The molecule has 6 heteroatoms. The first kappa shape index (κ1) is 18.7. The van der Waals surface area contributed by atoms with E-state index in [9.17, 15) is 9.59 Å². The molecular formula is C20H18BrNO3S. The topological polar surface area (TPSA) is 46.6 Å². The fraction of sp³-hybridized carbons (Fsp3) is 0.200. The first-order chi connectivity index (χ1) is 12.5. The molecule has 0 radical (unpaired) electrons. The number of anilines is 1. The van der Waals surface area contributed by atoms with Gasteiger partial charge in [-0.15, -0.1) is 0 Å². The number of carbonyl (C=O) groups is 2. The summed E-state index contributed by atoms with van der Waals surface area (Å²) in [6, 6.07) is 14.6. The van der Waals surface area contributed by atoms with Gasteiger partial charge in [0.1, 0.15) is 5.75 Å². The van der Waals surface area contributed by atoms with E-state index >= 15 is 0 Å². The summed E-state index contributed by atoms with van der Waals surface area (Å²) in [6.07, 6.45) is 2.77. The number of benzene rings is 2. The fourth-order valence-corrected chi connectivity index (χ4v) is 3.75. The second-order valence-corrected chi connectivity index (χ2v) is 7.73. The highest BCUT2D eigenvalue weighted by atomic mass is 79.9. The highest BCUT2D eigenvalue weighted by Gasteiger charge is 2.36. The molecular weight excluding hydrogens is 414 g/mol. The van der Waals surface area contributed by atoms with Gasteiger partial charge >= 0.3 is 0 Å². The van der Waals surface area contributed by atoms with Crippen LogP contribution in [0, 0.1) is 0 Å². The van der Waals surface area contributed by atoms with Gasteiger partial charge in [-0.1, -0.05) is 31.2 Å². The first-order valence-corrected chi connectivity index (χ1v) is 9.89. The minimum Gasteiger partial charge on any atom is -0.490 e. The Morgan fingerprint density at radius 2 is 1.92 bits per heavy atom. The molecule has 0 aromatic heterocycles. The second kappa shape index (κ2) is 8.10. The van der Waals surface area contributed by atoms with E-state index in [1.54, 1.807) is 30.3 Å². The number of hydrogen-bond donors (Lipinski definition) is 0. The Balaban J connectivity index is 1.83. The summed E-state index contributed by atoms with van der Waals surface area (Å²) in [6.45, 7) is 4.08. The number of carbonyl (C=O) groups excluding carboxylic acids is 2. The lowest BCUT2D eigenvalue weighted by molar-refractivity contribution is -0.113. The highest BCUT2D eigenvalue weighted by Crippen LogP contribution is 2.36. The molecule has 4 nitrogen and oxygen atoms in total. The van der Waals surface area contributed by atoms with Gasteiger partial charge in [0.25, 0.3) is 11.1 Å². The molecule has 1 fully saturated rings. The standard InChI is InChI=1S/C20H18BrNO3S/c1-3-13(2)25-17-10-9-14(11-16(17)21)12-18-19(23)22(20(24)26-18)15-7-5-4-6-8-15/h4-13H,3H2,1-2H3/b18-12+/t13-/m1/s1. The van der Waals surface area contributed by atoms with Crippen molar-refractivity contribution in [3.05, 3.63) is 63.5 Å². The van der Waals surface area contributed by atoms with Crippen molar-refractivity contribution >= 4 is 50.6 Å². The zero-order chi connectivity index (χ0) is 18.7. The SMILES string of the molecule is CC[C@@H](C)Oc1ccc(/C=C2/SC(=O)N(c3ccccc3)C2=O)cc1Br. The molecule has 26 heavy (non-hydrogen) atoms. The summed E-state index contributed by atoms with van der Waals surface area (Å²) in [5.41, 5.74) is 1.41. The first-order valence-electron chi connectivity index (χ1n) is 8.28. The van der Waals surface area contributed by atoms with Crippen LogP contribution in [0.1, 0.15) is 25.8 Å². The van der Waals surface area contributed by atoms with Gasteiger partial charge in [0.2, 0.25) is 0 Å². The number of amides is 2. The molecule has 1 atom stereocenters. The monoisotopic (exact) mass is 431 g/mol. The molecule has 1 saturated heterocycles. The zero-order valence-electron chi connectivity index (χ0n) is 14.4. The van der Waals surface area contributed by atoms with Crippen LogP contribution in [-0.4, -0.2) is 17.3 Å². The molecule has 0 N–H and O–H groups in total. The number of ether oxygens (including phenoxy) is 1. The minimum absolute atomic E-state index is 0.125. The molecule has 2 aromatic carbocycles. The maximum atomic E-state index is 12.6. The number of halogens is 1. The largest absolute Gasteiger partial charge is 0.490 e.